The van der Waals surface area contributed by atoms with E-state index in [0.717, 1.165) is 5.92 Å². The second-order valence-electron chi connectivity index (χ2n) is 6.72. The zero-order valence-corrected chi connectivity index (χ0v) is 12.2. The van der Waals surface area contributed by atoms with E-state index in [2.05, 4.69) is 39.1 Å². The van der Waals surface area contributed by atoms with Crippen molar-refractivity contribution in [3.8, 4) is 0 Å². The maximum absolute atomic E-state index is 3.47. The molecule has 1 saturated carbocycles. The summed E-state index contributed by atoms with van der Waals surface area (Å²) in [4.78, 5) is 0. The Kier molecular flexibility index (Phi) is 2.78. The third kappa shape index (κ3) is 1.72. The zero-order valence-electron chi connectivity index (χ0n) is 12.2. The van der Waals surface area contributed by atoms with Gasteiger partial charge < -0.3 is 5.32 Å². The Morgan fingerprint density at radius 2 is 1.67 bits per heavy atom. The summed E-state index contributed by atoms with van der Waals surface area (Å²) >= 11 is 0. The van der Waals surface area contributed by atoms with Crippen molar-refractivity contribution < 1.29 is 0 Å². The molecule has 1 atom stereocenters. The van der Waals surface area contributed by atoms with Crippen LogP contribution in [0.3, 0.4) is 0 Å². The fourth-order valence-corrected chi connectivity index (χ4v) is 4.11. The summed E-state index contributed by atoms with van der Waals surface area (Å²) in [6.45, 7) is 11.7. The first-order chi connectivity index (χ1) is 8.52. The largest absolute Gasteiger partial charge is 0.316 e. The summed E-state index contributed by atoms with van der Waals surface area (Å²) in [6.07, 6.45) is 4.23. The molecule has 1 aromatic rings. The molecule has 2 fully saturated rings. The average Bonchev–Trinajstić information content (AvgIpc) is 2.72. The van der Waals surface area contributed by atoms with Crippen LogP contribution in [-0.4, -0.2) is 13.1 Å². The van der Waals surface area contributed by atoms with Gasteiger partial charge in [-0.2, -0.15) is 0 Å². The predicted octanol–water partition coefficient (Wildman–Crippen LogP) is 3.78. The van der Waals surface area contributed by atoms with E-state index in [1.165, 1.54) is 43.5 Å². The molecule has 1 aliphatic carbocycles. The highest BCUT2D eigenvalue weighted by atomic mass is 15.0. The summed E-state index contributed by atoms with van der Waals surface area (Å²) in [7, 11) is 0. The zero-order chi connectivity index (χ0) is 12.9. The van der Waals surface area contributed by atoms with Crippen LogP contribution in [-0.2, 0) is 0 Å². The maximum atomic E-state index is 3.47. The van der Waals surface area contributed by atoms with E-state index in [9.17, 15) is 0 Å². The van der Waals surface area contributed by atoms with Gasteiger partial charge in [0.05, 0.1) is 0 Å². The Bertz CT molecular complexity index is 457. The molecule has 0 aromatic heterocycles. The van der Waals surface area contributed by atoms with Crippen molar-refractivity contribution in [1.29, 1.82) is 0 Å². The summed E-state index contributed by atoms with van der Waals surface area (Å²) in [6, 6.07) is 2.35. The van der Waals surface area contributed by atoms with Gasteiger partial charge in [-0.3, -0.25) is 0 Å². The average molecular weight is 243 g/mol. The molecule has 1 aliphatic heterocycles. The Balaban J connectivity index is 1.97. The summed E-state index contributed by atoms with van der Waals surface area (Å²) in [5.74, 6) is 0.811. The first kappa shape index (κ1) is 12.2. The van der Waals surface area contributed by atoms with E-state index in [4.69, 9.17) is 0 Å². The topological polar surface area (TPSA) is 12.0 Å². The van der Waals surface area contributed by atoms with E-state index in [-0.39, 0.29) is 0 Å². The van der Waals surface area contributed by atoms with E-state index >= 15 is 0 Å². The molecule has 0 radical (unpaired) electrons. The van der Waals surface area contributed by atoms with E-state index in [1.807, 2.05) is 0 Å². The van der Waals surface area contributed by atoms with Crippen molar-refractivity contribution in [1.82, 2.24) is 5.32 Å². The maximum Gasteiger partial charge on any atom is 0.00204 e. The molecule has 1 aromatic carbocycles. The first-order valence-corrected chi connectivity index (χ1v) is 7.30. The number of benzene rings is 1. The second-order valence-corrected chi connectivity index (χ2v) is 6.72. The molecule has 98 valence electrons. The SMILES string of the molecule is Cc1cc(C)c(C)c(C2CCC3(CNC3)C2)c1C. The molecular weight excluding hydrogens is 218 g/mol. The van der Waals surface area contributed by atoms with Crippen LogP contribution in [0.2, 0.25) is 0 Å². The lowest BCUT2D eigenvalue weighted by Crippen LogP contribution is -2.51. The molecule has 1 unspecified atom stereocenters. The van der Waals surface area contributed by atoms with Crippen molar-refractivity contribution in [2.24, 2.45) is 5.41 Å². The molecule has 1 saturated heterocycles. The molecule has 1 heterocycles. The van der Waals surface area contributed by atoms with E-state index < -0.39 is 0 Å². The van der Waals surface area contributed by atoms with Crippen molar-refractivity contribution in [3.05, 3.63) is 33.9 Å². The molecule has 1 spiro atoms. The third-order valence-corrected chi connectivity index (χ3v) is 5.53. The minimum atomic E-state index is 0.654. The predicted molar refractivity (Wildman–Crippen MR) is 77.3 cm³/mol. The summed E-state index contributed by atoms with van der Waals surface area (Å²) < 4.78 is 0. The molecular formula is C17H25N. The summed E-state index contributed by atoms with van der Waals surface area (Å²) in [5.41, 5.74) is 8.37. The highest BCUT2D eigenvalue weighted by molar-refractivity contribution is 5.46. The van der Waals surface area contributed by atoms with Crippen LogP contribution >= 0.6 is 0 Å². The first-order valence-electron chi connectivity index (χ1n) is 7.30. The molecule has 1 N–H and O–H groups in total. The van der Waals surface area contributed by atoms with Gasteiger partial charge >= 0.3 is 0 Å². The van der Waals surface area contributed by atoms with Gasteiger partial charge in [0.2, 0.25) is 0 Å². The molecule has 3 rings (SSSR count). The van der Waals surface area contributed by atoms with E-state index in [0.29, 0.717) is 5.41 Å². The second kappa shape index (κ2) is 4.09. The van der Waals surface area contributed by atoms with Gasteiger partial charge in [-0.1, -0.05) is 6.07 Å². The normalized spacial score (nSPS) is 25.4. The van der Waals surface area contributed by atoms with Gasteiger partial charge in [-0.25, -0.2) is 0 Å². The van der Waals surface area contributed by atoms with Gasteiger partial charge in [0.25, 0.3) is 0 Å². The number of hydrogen-bond donors (Lipinski definition) is 1. The van der Waals surface area contributed by atoms with Gasteiger partial charge in [-0.15, -0.1) is 0 Å². The quantitative estimate of drug-likeness (QED) is 0.791. The lowest BCUT2D eigenvalue weighted by molar-refractivity contribution is 0.175. The standard InChI is InChI=1S/C17H25N/c1-11-7-12(2)14(4)16(13(11)3)15-5-6-17(8-15)9-18-10-17/h7,15,18H,5-6,8-10H2,1-4H3. The van der Waals surface area contributed by atoms with Crippen LogP contribution in [0.5, 0.6) is 0 Å². The molecule has 0 amide bonds. The Labute approximate surface area is 111 Å². The minimum absolute atomic E-state index is 0.654. The van der Waals surface area contributed by atoms with Crippen molar-refractivity contribution in [2.45, 2.75) is 52.9 Å². The van der Waals surface area contributed by atoms with Crippen LogP contribution in [0.4, 0.5) is 0 Å². The van der Waals surface area contributed by atoms with Gasteiger partial charge in [0.15, 0.2) is 0 Å². The van der Waals surface area contributed by atoms with E-state index in [1.54, 1.807) is 16.7 Å². The highest BCUT2D eigenvalue weighted by Gasteiger charge is 2.44. The van der Waals surface area contributed by atoms with Crippen LogP contribution in [0, 0.1) is 33.1 Å². The summed E-state index contributed by atoms with van der Waals surface area (Å²) in [5, 5.41) is 3.47. The number of rotatable bonds is 1. The van der Waals surface area contributed by atoms with Crippen LogP contribution in [0.1, 0.15) is 53.0 Å². The van der Waals surface area contributed by atoms with Crippen LogP contribution < -0.4 is 5.32 Å². The Morgan fingerprint density at radius 3 is 2.11 bits per heavy atom. The molecule has 2 aliphatic rings. The number of hydrogen-bond acceptors (Lipinski definition) is 1. The van der Waals surface area contributed by atoms with Gasteiger partial charge in [-0.05, 0) is 86.1 Å². The van der Waals surface area contributed by atoms with Crippen molar-refractivity contribution in [2.75, 3.05) is 13.1 Å². The van der Waals surface area contributed by atoms with Crippen molar-refractivity contribution in [3.63, 3.8) is 0 Å². The molecule has 1 nitrogen and oxygen atoms in total. The monoisotopic (exact) mass is 243 g/mol. The fourth-order valence-electron chi connectivity index (χ4n) is 4.11. The smallest absolute Gasteiger partial charge is 0.00204 e. The van der Waals surface area contributed by atoms with Crippen LogP contribution in [0.25, 0.3) is 0 Å². The van der Waals surface area contributed by atoms with Gasteiger partial charge in [0.1, 0.15) is 0 Å². The molecule has 0 bridgehead atoms. The molecule has 1 heteroatoms. The fraction of sp³-hybridized carbons (Fsp3) is 0.647. The minimum Gasteiger partial charge on any atom is -0.316 e. The number of nitrogens with one attached hydrogen (secondary N) is 1. The Morgan fingerprint density at radius 1 is 1.06 bits per heavy atom. The van der Waals surface area contributed by atoms with Crippen LogP contribution in [0.15, 0.2) is 6.07 Å². The molecule has 18 heavy (non-hydrogen) atoms. The Hall–Kier alpha value is -0.820. The lowest BCUT2D eigenvalue weighted by atomic mass is 9.77. The third-order valence-electron chi connectivity index (χ3n) is 5.53. The highest BCUT2D eigenvalue weighted by Crippen LogP contribution is 2.50. The lowest BCUT2D eigenvalue weighted by Gasteiger charge is -2.39. The van der Waals surface area contributed by atoms with Crippen molar-refractivity contribution >= 4 is 0 Å². The van der Waals surface area contributed by atoms with Gasteiger partial charge in [0, 0.05) is 13.1 Å². The number of aryl methyl sites for hydroxylation is 2.